The smallest absolute Gasteiger partial charge is 0.0135 e. The Balaban J connectivity index is 3.89. The van der Waals surface area contributed by atoms with Gasteiger partial charge in [-0.1, -0.05) is 37.6 Å². The highest BCUT2D eigenvalue weighted by molar-refractivity contribution is 5.19. The first kappa shape index (κ1) is 10.4. The summed E-state index contributed by atoms with van der Waals surface area (Å²) in [5.41, 5.74) is 1.40. The number of hydrogen-bond acceptors (Lipinski definition) is 1. The molecule has 0 spiro atoms. The Labute approximate surface area is 70.2 Å². The molecule has 1 heteroatoms. The molecule has 0 unspecified atom stereocenters. The largest absolute Gasteiger partial charge is 0.316 e. The minimum atomic E-state index is 0.633. The van der Waals surface area contributed by atoms with E-state index in [0.717, 1.165) is 6.54 Å². The highest BCUT2D eigenvalue weighted by Gasteiger charge is 1.94. The second kappa shape index (κ2) is 6.17. The fourth-order valence-electron chi connectivity index (χ4n) is 0.935. The van der Waals surface area contributed by atoms with E-state index < -0.39 is 0 Å². The molecule has 0 aliphatic rings. The maximum absolute atomic E-state index is 3.07. The molecule has 0 heterocycles. The molecule has 11 heavy (non-hydrogen) atoms. The molecule has 0 aromatic heterocycles. The lowest BCUT2D eigenvalue weighted by Gasteiger charge is -2.04. The van der Waals surface area contributed by atoms with E-state index in [1.54, 1.807) is 0 Å². The molecule has 0 radical (unpaired) electrons. The third-order valence-corrected chi connectivity index (χ3v) is 1.63. The predicted octanol–water partition coefficient (Wildman–Crippen LogP) is 2.36. The van der Waals surface area contributed by atoms with E-state index in [1.165, 1.54) is 5.57 Å². The van der Waals surface area contributed by atoms with E-state index >= 15 is 0 Å². The molecule has 1 nitrogen and oxygen atoms in total. The SMILES string of the molecule is C/C=C(\C=C/CNC)C(C)C. The average Bonchev–Trinajstić information content (AvgIpc) is 1.97. The molecule has 0 amide bonds. The Morgan fingerprint density at radius 3 is 2.45 bits per heavy atom. The van der Waals surface area contributed by atoms with Gasteiger partial charge in [0.1, 0.15) is 0 Å². The summed E-state index contributed by atoms with van der Waals surface area (Å²) in [5, 5.41) is 3.07. The van der Waals surface area contributed by atoms with E-state index in [-0.39, 0.29) is 0 Å². The van der Waals surface area contributed by atoms with Crippen LogP contribution in [0.1, 0.15) is 20.8 Å². The second-order valence-electron chi connectivity index (χ2n) is 2.90. The molecule has 0 fully saturated rings. The molecule has 1 N–H and O–H groups in total. The quantitative estimate of drug-likeness (QED) is 0.611. The molecule has 0 rings (SSSR count). The van der Waals surface area contributed by atoms with Crippen molar-refractivity contribution in [3.05, 3.63) is 23.8 Å². The van der Waals surface area contributed by atoms with Crippen LogP contribution in [0.25, 0.3) is 0 Å². The molecule has 64 valence electrons. The first-order valence-corrected chi connectivity index (χ1v) is 4.19. The van der Waals surface area contributed by atoms with Crippen molar-refractivity contribution in [3.8, 4) is 0 Å². The van der Waals surface area contributed by atoms with Gasteiger partial charge in [-0.25, -0.2) is 0 Å². The molecular formula is C10H19N. The van der Waals surface area contributed by atoms with Crippen LogP contribution in [0.5, 0.6) is 0 Å². The summed E-state index contributed by atoms with van der Waals surface area (Å²) in [6.45, 7) is 7.45. The van der Waals surface area contributed by atoms with Crippen LogP contribution in [0, 0.1) is 5.92 Å². The van der Waals surface area contributed by atoms with Gasteiger partial charge in [0, 0.05) is 6.54 Å². The van der Waals surface area contributed by atoms with Crippen molar-refractivity contribution < 1.29 is 0 Å². The standard InChI is InChI=1S/C10H19N/c1-5-10(9(2)3)7-6-8-11-4/h5-7,9,11H,8H2,1-4H3/b7-6-,10-5+. The van der Waals surface area contributed by atoms with Crippen molar-refractivity contribution in [2.24, 2.45) is 5.92 Å². The number of nitrogens with one attached hydrogen (secondary N) is 1. The lowest BCUT2D eigenvalue weighted by molar-refractivity contribution is 0.787. The molecular weight excluding hydrogens is 134 g/mol. The summed E-state index contributed by atoms with van der Waals surface area (Å²) >= 11 is 0. The Hall–Kier alpha value is -0.560. The first-order chi connectivity index (χ1) is 5.22. The molecule has 0 bridgehead atoms. The van der Waals surface area contributed by atoms with Crippen molar-refractivity contribution in [2.45, 2.75) is 20.8 Å². The van der Waals surface area contributed by atoms with Crippen molar-refractivity contribution in [1.29, 1.82) is 0 Å². The zero-order valence-electron chi connectivity index (χ0n) is 8.02. The van der Waals surface area contributed by atoms with Crippen LogP contribution in [0.3, 0.4) is 0 Å². The third-order valence-electron chi connectivity index (χ3n) is 1.63. The van der Waals surface area contributed by atoms with Gasteiger partial charge in [0.2, 0.25) is 0 Å². The van der Waals surface area contributed by atoms with E-state index in [1.807, 2.05) is 7.05 Å². The Morgan fingerprint density at radius 1 is 1.45 bits per heavy atom. The lowest BCUT2D eigenvalue weighted by Crippen LogP contribution is -2.04. The molecule has 0 aliphatic heterocycles. The van der Waals surface area contributed by atoms with Crippen molar-refractivity contribution in [3.63, 3.8) is 0 Å². The van der Waals surface area contributed by atoms with Crippen LogP contribution in [0.15, 0.2) is 23.8 Å². The van der Waals surface area contributed by atoms with Gasteiger partial charge in [0.25, 0.3) is 0 Å². The summed E-state index contributed by atoms with van der Waals surface area (Å²) in [4.78, 5) is 0. The highest BCUT2D eigenvalue weighted by atomic mass is 14.8. The topological polar surface area (TPSA) is 12.0 Å². The highest BCUT2D eigenvalue weighted by Crippen LogP contribution is 2.09. The zero-order valence-corrected chi connectivity index (χ0v) is 8.02. The normalized spacial score (nSPS) is 13.4. The second-order valence-corrected chi connectivity index (χ2v) is 2.90. The minimum absolute atomic E-state index is 0.633. The molecule has 0 aromatic carbocycles. The van der Waals surface area contributed by atoms with E-state index in [0.29, 0.717) is 5.92 Å². The molecule has 0 aliphatic carbocycles. The van der Waals surface area contributed by atoms with Crippen LogP contribution < -0.4 is 5.32 Å². The van der Waals surface area contributed by atoms with Gasteiger partial charge in [0.05, 0.1) is 0 Å². The summed E-state index contributed by atoms with van der Waals surface area (Å²) in [7, 11) is 1.95. The van der Waals surface area contributed by atoms with Gasteiger partial charge in [-0.05, 0) is 19.9 Å². The minimum Gasteiger partial charge on any atom is -0.316 e. The van der Waals surface area contributed by atoms with Crippen LogP contribution in [0.4, 0.5) is 0 Å². The van der Waals surface area contributed by atoms with Crippen molar-refractivity contribution in [2.75, 3.05) is 13.6 Å². The molecule has 0 atom stereocenters. The third kappa shape index (κ3) is 4.79. The predicted molar refractivity (Wildman–Crippen MR) is 51.7 cm³/mol. The summed E-state index contributed by atoms with van der Waals surface area (Å²) in [6.07, 6.45) is 6.49. The van der Waals surface area contributed by atoms with Gasteiger partial charge >= 0.3 is 0 Å². The Bertz CT molecular complexity index is 143. The molecule has 0 saturated heterocycles. The number of likely N-dealkylation sites (N-methyl/N-ethyl adjacent to an activating group) is 1. The lowest BCUT2D eigenvalue weighted by atomic mass is 10.0. The maximum Gasteiger partial charge on any atom is 0.0135 e. The maximum atomic E-state index is 3.07. The number of hydrogen-bond donors (Lipinski definition) is 1. The summed E-state index contributed by atoms with van der Waals surface area (Å²) in [6, 6.07) is 0. The van der Waals surface area contributed by atoms with Crippen LogP contribution >= 0.6 is 0 Å². The summed E-state index contributed by atoms with van der Waals surface area (Å²) in [5.74, 6) is 0.633. The van der Waals surface area contributed by atoms with E-state index in [4.69, 9.17) is 0 Å². The molecule has 0 saturated carbocycles. The molecule has 0 aromatic rings. The van der Waals surface area contributed by atoms with Crippen LogP contribution in [-0.4, -0.2) is 13.6 Å². The van der Waals surface area contributed by atoms with Crippen molar-refractivity contribution >= 4 is 0 Å². The van der Waals surface area contributed by atoms with Crippen molar-refractivity contribution in [1.82, 2.24) is 5.32 Å². The van der Waals surface area contributed by atoms with Gasteiger partial charge in [-0.2, -0.15) is 0 Å². The Morgan fingerprint density at radius 2 is 2.09 bits per heavy atom. The van der Waals surface area contributed by atoms with Crippen LogP contribution in [0.2, 0.25) is 0 Å². The van der Waals surface area contributed by atoms with E-state index in [9.17, 15) is 0 Å². The first-order valence-electron chi connectivity index (χ1n) is 4.19. The monoisotopic (exact) mass is 153 g/mol. The fourth-order valence-corrected chi connectivity index (χ4v) is 0.935. The van der Waals surface area contributed by atoms with Crippen LogP contribution in [-0.2, 0) is 0 Å². The summed E-state index contributed by atoms with van der Waals surface area (Å²) < 4.78 is 0. The van der Waals surface area contributed by atoms with E-state index in [2.05, 4.69) is 44.3 Å². The van der Waals surface area contributed by atoms with Gasteiger partial charge < -0.3 is 5.32 Å². The van der Waals surface area contributed by atoms with Gasteiger partial charge in [-0.15, -0.1) is 0 Å². The van der Waals surface area contributed by atoms with Gasteiger partial charge in [0.15, 0.2) is 0 Å². The zero-order chi connectivity index (χ0) is 8.69. The van der Waals surface area contributed by atoms with Gasteiger partial charge in [-0.3, -0.25) is 0 Å². The number of allylic oxidation sites excluding steroid dienone is 3. The Kier molecular flexibility index (Phi) is 5.86. The average molecular weight is 153 g/mol. The number of rotatable bonds is 4. The fraction of sp³-hybridized carbons (Fsp3) is 0.600.